The van der Waals surface area contributed by atoms with Crippen LogP contribution in [0.4, 0.5) is 11.6 Å². The van der Waals surface area contributed by atoms with E-state index in [2.05, 4.69) is 17.6 Å². The molecule has 5 rings (SSSR count). The average Bonchev–Trinajstić information content (AvgIpc) is 3.41. The number of carbonyl (C=O) groups excluding carboxylic acids is 1. The van der Waals surface area contributed by atoms with Gasteiger partial charge in [0.15, 0.2) is 11.5 Å². The van der Waals surface area contributed by atoms with Gasteiger partial charge in [0.2, 0.25) is 11.1 Å². The quantitative estimate of drug-likeness (QED) is 0.115. The van der Waals surface area contributed by atoms with Crippen molar-refractivity contribution in [3.05, 3.63) is 98.2 Å². The van der Waals surface area contributed by atoms with Crippen molar-refractivity contribution < 1.29 is 14.3 Å². The fourth-order valence-corrected chi connectivity index (χ4v) is 6.43. The predicted molar refractivity (Wildman–Crippen MR) is 183 cm³/mol. The number of thioether (sulfide) groups is 1. The second-order valence-electron chi connectivity index (χ2n) is 10.8. The fourth-order valence-electron chi connectivity index (χ4n) is 5.06. The first-order valence-corrected chi connectivity index (χ1v) is 16.7. The Morgan fingerprint density at radius 1 is 1.04 bits per heavy atom. The normalized spacial score (nSPS) is 14.2. The number of nitrogens with one attached hydrogen (secondary N) is 2. The van der Waals surface area contributed by atoms with Gasteiger partial charge in [0.1, 0.15) is 12.6 Å². The topological polar surface area (TPSA) is 90.3 Å². The molecule has 236 valence electrons. The maximum absolute atomic E-state index is 14.1. The molecule has 11 heteroatoms. The molecule has 1 aromatic heterocycles. The number of fused-ring (bicyclic) bond motifs is 1. The summed E-state index contributed by atoms with van der Waals surface area (Å²) < 4.78 is 14.0. The first kappa shape index (κ1) is 32.7. The van der Waals surface area contributed by atoms with Gasteiger partial charge in [-0.3, -0.25) is 4.79 Å². The Morgan fingerprint density at radius 3 is 2.62 bits per heavy atom. The summed E-state index contributed by atoms with van der Waals surface area (Å²) >= 11 is 14.1. The maximum atomic E-state index is 14.1. The molecule has 1 aliphatic rings. The number of amides is 1. The first-order chi connectivity index (χ1) is 21.7. The second kappa shape index (κ2) is 14.6. The number of hydrogen-bond donors (Lipinski definition) is 2. The summed E-state index contributed by atoms with van der Waals surface area (Å²) in [6.07, 6.45) is 2.15. The molecular weight excluding hydrogens is 629 g/mol. The molecule has 3 aromatic carbocycles. The molecule has 4 aromatic rings. The van der Waals surface area contributed by atoms with Crippen LogP contribution < -0.4 is 20.1 Å². The van der Waals surface area contributed by atoms with E-state index in [4.69, 9.17) is 42.8 Å². The van der Waals surface area contributed by atoms with Crippen LogP contribution in [0.5, 0.6) is 11.5 Å². The number of unbranched alkanes of at least 4 members (excludes halogenated alkanes) is 1. The lowest BCUT2D eigenvalue weighted by Gasteiger charge is -2.29. The molecule has 2 heterocycles. The van der Waals surface area contributed by atoms with Crippen molar-refractivity contribution in [3.63, 3.8) is 0 Å². The second-order valence-corrected chi connectivity index (χ2v) is 12.7. The molecule has 8 nitrogen and oxygen atoms in total. The molecule has 0 saturated carbocycles. The van der Waals surface area contributed by atoms with E-state index >= 15 is 0 Å². The number of rotatable bonds is 12. The van der Waals surface area contributed by atoms with Crippen LogP contribution in [0.2, 0.25) is 10.0 Å². The maximum Gasteiger partial charge on any atom is 0.255 e. The van der Waals surface area contributed by atoms with E-state index < -0.39 is 6.04 Å². The average molecular weight is 667 g/mol. The van der Waals surface area contributed by atoms with E-state index in [1.165, 1.54) is 0 Å². The summed E-state index contributed by atoms with van der Waals surface area (Å²) in [4.78, 5) is 18.9. The van der Waals surface area contributed by atoms with E-state index in [1.54, 1.807) is 28.6 Å². The van der Waals surface area contributed by atoms with Crippen LogP contribution in [0.15, 0.2) is 71.0 Å². The van der Waals surface area contributed by atoms with Gasteiger partial charge in [-0.2, -0.15) is 4.98 Å². The lowest BCUT2D eigenvalue weighted by molar-refractivity contribution is -0.113. The van der Waals surface area contributed by atoms with Crippen molar-refractivity contribution in [1.82, 2.24) is 14.8 Å². The van der Waals surface area contributed by atoms with E-state index in [0.29, 0.717) is 50.5 Å². The van der Waals surface area contributed by atoms with Crippen LogP contribution in [0.25, 0.3) is 0 Å². The van der Waals surface area contributed by atoms with E-state index in [0.717, 1.165) is 46.5 Å². The van der Waals surface area contributed by atoms with Crippen molar-refractivity contribution in [1.29, 1.82) is 0 Å². The minimum absolute atomic E-state index is 0.226. The number of nitrogens with zero attached hydrogens (tertiary/aromatic N) is 3. The lowest BCUT2D eigenvalue weighted by Crippen LogP contribution is -2.31. The third-order valence-corrected chi connectivity index (χ3v) is 9.15. The Bertz CT molecular complexity index is 1740. The van der Waals surface area contributed by atoms with E-state index in [1.807, 2.05) is 70.2 Å². The third-order valence-electron chi connectivity index (χ3n) is 7.64. The van der Waals surface area contributed by atoms with Crippen molar-refractivity contribution in [2.75, 3.05) is 23.0 Å². The molecule has 0 saturated heterocycles. The molecule has 1 aliphatic heterocycles. The number of aryl methyl sites for hydroxylation is 1. The number of aromatic nitrogens is 3. The zero-order chi connectivity index (χ0) is 32.1. The highest BCUT2D eigenvalue weighted by molar-refractivity contribution is 7.99. The number of anilines is 2. The smallest absolute Gasteiger partial charge is 0.255 e. The Morgan fingerprint density at radius 2 is 1.87 bits per heavy atom. The molecule has 0 bridgehead atoms. The Hall–Kier alpha value is -3.66. The number of halogens is 2. The van der Waals surface area contributed by atoms with Gasteiger partial charge in [-0.05, 0) is 81.1 Å². The van der Waals surface area contributed by atoms with Crippen molar-refractivity contribution in [2.24, 2.45) is 0 Å². The lowest BCUT2D eigenvalue weighted by atomic mass is 9.94. The monoisotopic (exact) mass is 665 g/mol. The number of hydrogen-bond acceptors (Lipinski definition) is 7. The van der Waals surface area contributed by atoms with Gasteiger partial charge in [0, 0.05) is 32.7 Å². The molecule has 1 atom stereocenters. The van der Waals surface area contributed by atoms with Gasteiger partial charge >= 0.3 is 0 Å². The largest absolute Gasteiger partial charge is 0.490 e. The predicted octanol–water partition coefficient (Wildman–Crippen LogP) is 9.00. The van der Waals surface area contributed by atoms with Gasteiger partial charge in [-0.25, -0.2) is 4.68 Å². The van der Waals surface area contributed by atoms with Crippen LogP contribution in [-0.4, -0.2) is 33.0 Å². The minimum atomic E-state index is -0.571. The summed E-state index contributed by atoms with van der Waals surface area (Å²) in [5.74, 6) is 2.36. The summed E-state index contributed by atoms with van der Waals surface area (Å²) in [7, 11) is 0. The third kappa shape index (κ3) is 7.43. The van der Waals surface area contributed by atoms with Crippen molar-refractivity contribution in [3.8, 4) is 11.5 Å². The highest BCUT2D eigenvalue weighted by Gasteiger charge is 2.35. The molecule has 1 unspecified atom stereocenters. The summed E-state index contributed by atoms with van der Waals surface area (Å²) in [6.45, 7) is 10.7. The van der Waals surface area contributed by atoms with Crippen LogP contribution in [0.3, 0.4) is 0 Å². The van der Waals surface area contributed by atoms with Gasteiger partial charge < -0.3 is 20.1 Å². The zero-order valence-corrected chi connectivity index (χ0v) is 28.4. The highest BCUT2D eigenvalue weighted by atomic mass is 35.5. The highest BCUT2D eigenvalue weighted by Crippen LogP contribution is 2.40. The molecule has 2 N–H and O–H groups in total. The molecule has 45 heavy (non-hydrogen) atoms. The van der Waals surface area contributed by atoms with Gasteiger partial charge in [-0.15, -0.1) is 5.10 Å². The van der Waals surface area contributed by atoms with Gasteiger partial charge in [0.25, 0.3) is 5.91 Å². The molecule has 0 radical (unpaired) electrons. The van der Waals surface area contributed by atoms with Crippen LogP contribution in [0, 0.1) is 13.8 Å². The van der Waals surface area contributed by atoms with E-state index in [-0.39, 0.29) is 12.5 Å². The minimum Gasteiger partial charge on any atom is -0.490 e. The number of ether oxygens (including phenoxy) is 2. The first-order valence-electron chi connectivity index (χ1n) is 15.0. The number of allylic oxidation sites excluding steroid dienone is 1. The SMILES string of the molecule is CCCCSc1nc2n(n1)C(c1ccc(OCc3ccc(Cl)cc3Cl)c(OCC)c1)C(C(=O)Nc1cccc(C)c1C)=C(C)N2. The molecule has 1 amide bonds. The number of benzene rings is 3. The standard InChI is InChI=1S/C34H37Cl2N5O3S/c1-6-8-16-45-34-39-33-37-22(5)30(32(42)38-27-11-9-10-20(3)21(27)4)31(41(33)40-34)23-13-15-28(29(17-23)43-7-2)44-19-24-12-14-25(35)18-26(24)36/h9-15,17-18,31H,6-8,16,19H2,1-5H3,(H,38,42)(H,37,39,40). The Balaban J connectivity index is 1.53. The molecule has 0 fully saturated rings. The zero-order valence-electron chi connectivity index (χ0n) is 26.0. The molecular formula is C34H37Cl2N5O3S. The van der Waals surface area contributed by atoms with Crippen LogP contribution >= 0.6 is 35.0 Å². The summed E-state index contributed by atoms with van der Waals surface area (Å²) in [5, 5.41) is 13.1. The van der Waals surface area contributed by atoms with Crippen molar-refractivity contribution in [2.45, 2.75) is 65.3 Å². The van der Waals surface area contributed by atoms with Crippen LogP contribution in [0.1, 0.15) is 61.9 Å². The van der Waals surface area contributed by atoms with Crippen LogP contribution in [-0.2, 0) is 11.4 Å². The van der Waals surface area contributed by atoms with Gasteiger partial charge in [-0.1, -0.05) is 72.6 Å². The molecule has 0 aliphatic carbocycles. The summed E-state index contributed by atoms with van der Waals surface area (Å²) in [5.41, 5.74) is 5.71. The molecule has 0 spiro atoms. The summed E-state index contributed by atoms with van der Waals surface area (Å²) in [6, 6.07) is 16.3. The van der Waals surface area contributed by atoms with Crippen molar-refractivity contribution >= 4 is 52.5 Å². The number of carbonyl (C=O) groups is 1. The fraction of sp³-hybridized carbons (Fsp3) is 0.324. The van der Waals surface area contributed by atoms with Gasteiger partial charge in [0.05, 0.1) is 12.2 Å². The van der Waals surface area contributed by atoms with E-state index in [9.17, 15) is 4.79 Å². The Labute approximate surface area is 278 Å². The Kier molecular flexibility index (Phi) is 10.6.